The van der Waals surface area contributed by atoms with Crippen LogP contribution in [0, 0.1) is 5.38 Å². The molecular weight excluding hydrogens is 184 g/mol. The highest BCUT2D eigenvalue weighted by Crippen LogP contribution is 2.30. The molecule has 0 spiro atoms. The quantitative estimate of drug-likeness (QED) is 0.697. The molecule has 12 heavy (non-hydrogen) atoms. The standard InChI is InChI=1S/C10H7S2/c1-2-5-9(6-3-1)12-10-7-4-8-11-10/h1-7H. The zero-order chi connectivity index (χ0) is 8.23. The minimum Gasteiger partial charge on any atom is -0.128 e. The van der Waals surface area contributed by atoms with Gasteiger partial charge in [-0.3, -0.25) is 0 Å². The van der Waals surface area contributed by atoms with E-state index in [2.05, 4.69) is 35.7 Å². The van der Waals surface area contributed by atoms with Gasteiger partial charge in [0.05, 0.1) is 4.21 Å². The molecule has 1 radical (unpaired) electrons. The van der Waals surface area contributed by atoms with Crippen molar-refractivity contribution in [1.82, 2.24) is 0 Å². The first kappa shape index (κ1) is 7.90. The number of benzene rings is 1. The third-order valence-corrected chi connectivity index (χ3v) is 3.34. The molecule has 0 atom stereocenters. The van der Waals surface area contributed by atoms with Gasteiger partial charge in [-0.25, -0.2) is 0 Å². The minimum atomic E-state index is 1.29. The first-order valence-electron chi connectivity index (χ1n) is 3.64. The average Bonchev–Trinajstić information content (AvgIpc) is 2.59. The summed E-state index contributed by atoms with van der Waals surface area (Å²) >= 11 is 3.44. The van der Waals surface area contributed by atoms with Gasteiger partial charge in [0.1, 0.15) is 0 Å². The van der Waals surface area contributed by atoms with Gasteiger partial charge in [0.25, 0.3) is 0 Å². The Bertz CT molecular complexity index is 324. The third-order valence-electron chi connectivity index (χ3n) is 1.41. The lowest BCUT2D eigenvalue weighted by Crippen LogP contribution is -1.65. The number of rotatable bonds is 2. The second-order valence-electron chi connectivity index (χ2n) is 2.29. The predicted molar refractivity (Wildman–Crippen MR) is 53.7 cm³/mol. The Labute approximate surface area is 80.3 Å². The van der Waals surface area contributed by atoms with Crippen molar-refractivity contribution in [1.29, 1.82) is 0 Å². The zero-order valence-electron chi connectivity index (χ0n) is 6.36. The van der Waals surface area contributed by atoms with Crippen LogP contribution in [0.25, 0.3) is 0 Å². The van der Waals surface area contributed by atoms with Crippen LogP contribution in [-0.4, -0.2) is 0 Å². The first-order valence-corrected chi connectivity index (χ1v) is 5.27. The Morgan fingerprint density at radius 2 is 1.92 bits per heavy atom. The largest absolute Gasteiger partial charge is 0.128 e. The lowest BCUT2D eigenvalue weighted by molar-refractivity contribution is 1.46. The molecule has 0 aliphatic carbocycles. The Balaban J connectivity index is 2.15. The van der Waals surface area contributed by atoms with E-state index in [1.54, 1.807) is 23.1 Å². The summed E-state index contributed by atoms with van der Waals surface area (Å²) in [6.45, 7) is 0. The summed E-state index contributed by atoms with van der Waals surface area (Å²) < 4.78 is 1.29. The topological polar surface area (TPSA) is 0 Å². The van der Waals surface area contributed by atoms with Crippen LogP contribution in [0.2, 0.25) is 0 Å². The molecule has 0 saturated heterocycles. The van der Waals surface area contributed by atoms with Crippen LogP contribution in [0.5, 0.6) is 0 Å². The van der Waals surface area contributed by atoms with Gasteiger partial charge in [0, 0.05) is 10.3 Å². The van der Waals surface area contributed by atoms with Crippen LogP contribution in [0.1, 0.15) is 0 Å². The SMILES string of the molecule is [c]1ccc(Sc2ccccc2)s1. The maximum atomic E-state index is 3.07. The lowest BCUT2D eigenvalue weighted by atomic mass is 10.4. The normalized spacial score (nSPS) is 10.0. The Morgan fingerprint density at radius 3 is 2.58 bits per heavy atom. The van der Waals surface area contributed by atoms with Crippen molar-refractivity contribution >= 4 is 23.1 Å². The molecule has 1 aromatic carbocycles. The van der Waals surface area contributed by atoms with Gasteiger partial charge in [0.2, 0.25) is 0 Å². The van der Waals surface area contributed by atoms with Crippen molar-refractivity contribution in [2.75, 3.05) is 0 Å². The number of hydrogen-bond acceptors (Lipinski definition) is 2. The fourth-order valence-corrected chi connectivity index (χ4v) is 2.54. The van der Waals surface area contributed by atoms with E-state index in [9.17, 15) is 0 Å². The molecular formula is C10H7S2. The molecule has 0 bridgehead atoms. The second-order valence-corrected chi connectivity index (χ2v) is 4.54. The fraction of sp³-hybridized carbons (Fsp3) is 0. The summed E-state index contributed by atoms with van der Waals surface area (Å²) in [5.74, 6) is 0. The minimum absolute atomic E-state index is 1.29. The summed E-state index contributed by atoms with van der Waals surface area (Å²) in [6.07, 6.45) is 0. The first-order chi connectivity index (χ1) is 5.95. The summed E-state index contributed by atoms with van der Waals surface area (Å²) in [5, 5.41) is 3.07. The molecule has 2 heteroatoms. The molecule has 59 valence electrons. The Kier molecular flexibility index (Phi) is 2.49. The molecule has 1 aromatic heterocycles. The van der Waals surface area contributed by atoms with Crippen LogP contribution >= 0.6 is 23.1 Å². The molecule has 1 heterocycles. The maximum Gasteiger partial charge on any atom is 0.0653 e. The fourth-order valence-electron chi connectivity index (χ4n) is 0.888. The highest BCUT2D eigenvalue weighted by atomic mass is 32.2. The van der Waals surface area contributed by atoms with E-state index in [1.165, 1.54) is 9.10 Å². The molecule has 0 saturated carbocycles. The van der Waals surface area contributed by atoms with Crippen LogP contribution in [0.15, 0.2) is 51.6 Å². The van der Waals surface area contributed by atoms with Crippen LogP contribution in [-0.2, 0) is 0 Å². The Hall–Kier alpha value is -0.730. The van der Waals surface area contributed by atoms with Crippen molar-refractivity contribution in [2.45, 2.75) is 9.10 Å². The molecule has 0 unspecified atom stereocenters. The van der Waals surface area contributed by atoms with Crippen LogP contribution < -0.4 is 0 Å². The summed E-state index contributed by atoms with van der Waals surface area (Å²) in [5.41, 5.74) is 0. The molecule has 0 nitrogen and oxygen atoms in total. The van der Waals surface area contributed by atoms with Gasteiger partial charge in [0.15, 0.2) is 0 Å². The summed E-state index contributed by atoms with van der Waals surface area (Å²) in [4.78, 5) is 1.29. The summed E-state index contributed by atoms with van der Waals surface area (Å²) in [7, 11) is 0. The molecule has 0 amide bonds. The highest BCUT2D eigenvalue weighted by molar-refractivity contribution is 8.01. The third kappa shape index (κ3) is 1.90. The number of thiophene rings is 1. The van der Waals surface area contributed by atoms with E-state index in [0.717, 1.165) is 0 Å². The predicted octanol–water partition coefficient (Wildman–Crippen LogP) is 3.70. The average molecular weight is 191 g/mol. The molecule has 2 rings (SSSR count). The molecule has 0 aliphatic rings. The van der Waals surface area contributed by atoms with Crippen molar-refractivity contribution in [3.8, 4) is 0 Å². The molecule has 0 N–H and O–H groups in total. The number of hydrogen-bond donors (Lipinski definition) is 0. The van der Waals surface area contributed by atoms with Gasteiger partial charge in [-0.15, -0.1) is 11.3 Å². The van der Waals surface area contributed by atoms with Crippen molar-refractivity contribution in [3.63, 3.8) is 0 Å². The van der Waals surface area contributed by atoms with Gasteiger partial charge in [-0.1, -0.05) is 30.0 Å². The van der Waals surface area contributed by atoms with Crippen molar-refractivity contribution in [3.05, 3.63) is 47.8 Å². The maximum absolute atomic E-state index is 3.07. The summed E-state index contributed by atoms with van der Waals surface area (Å²) in [6, 6.07) is 14.4. The highest BCUT2D eigenvalue weighted by Gasteiger charge is 1.95. The smallest absolute Gasteiger partial charge is 0.0653 e. The van der Waals surface area contributed by atoms with Gasteiger partial charge in [-0.05, 0) is 24.3 Å². The van der Waals surface area contributed by atoms with E-state index >= 15 is 0 Å². The molecule has 2 aromatic rings. The molecule has 0 fully saturated rings. The second kappa shape index (κ2) is 3.78. The van der Waals surface area contributed by atoms with Gasteiger partial charge < -0.3 is 0 Å². The van der Waals surface area contributed by atoms with E-state index in [1.807, 2.05) is 12.1 Å². The van der Waals surface area contributed by atoms with Crippen molar-refractivity contribution < 1.29 is 0 Å². The van der Waals surface area contributed by atoms with E-state index in [0.29, 0.717) is 0 Å². The van der Waals surface area contributed by atoms with Gasteiger partial charge in [-0.2, -0.15) is 0 Å². The van der Waals surface area contributed by atoms with Gasteiger partial charge >= 0.3 is 0 Å². The Morgan fingerprint density at radius 1 is 1.08 bits per heavy atom. The van der Waals surface area contributed by atoms with Crippen molar-refractivity contribution in [2.24, 2.45) is 0 Å². The monoisotopic (exact) mass is 191 g/mol. The van der Waals surface area contributed by atoms with E-state index in [4.69, 9.17) is 0 Å². The van der Waals surface area contributed by atoms with Crippen LogP contribution in [0.3, 0.4) is 0 Å². The molecule has 0 aliphatic heterocycles. The zero-order valence-corrected chi connectivity index (χ0v) is 7.99. The van der Waals surface area contributed by atoms with Crippen LogP contribution in [0.4, 0.5) is 0 Å². The van der Waals surface area contributed by atoms with E-state index in [-0.39, 0.29) is 0 Å². The lowest BCUT2D eigenvalue weighted by Gasteiger charge is -1.95. The van der Waals surface area contributed by atoms with E-state index < -0.39 is 0 Å².